The monoisotopic (exact) mass is 327 g/mol. The zero-order valence-electron chi connectivity index (χ0n) is 12.6. The Morgan fingerprint density at radius 3 is 2.95 bits per heavy atom. The van der Waals surface area contributed by atoms with Gasteiger partial charge in [0.05, 0.1) is 18.5 Å². The zero-order chi connectivity index (χ0) is 15.4. The molecule has 7 heteroatoms. The molecule has 1 N–H and O–H groups in total. The molecule has 1 aromatic rings. The predicted molar refractivity (Wildman–Crippen MR) is 84.4 cm³/mol. The lowest BCUT2D eigenvalue weighted by molar-refractivity contribution is -0.0424. The van der Waals surface area contributed by atoms with Crippen molar-refractivity contribution in [2.75, 3.05) is 31.7 Å². The van der Waals surface area contributed by atoms with Gasteiger partial charge < -0.3 is 14.8 Å². The molecule has 0 bridgehead atoms. The van der Waals surface area contributed by atoms with Crippen LogP contribution in [0.4, 0.5) is 5.69 Å². The first-order chi connectivity index (χ1) is 10.8. The molecule has 2 fully saturated rings. The average Bonchev–Trinajstić information content (AvgIpc) is 2.58. The third-order valence-corrected chi connectivity index (χ3v) is 4.57. The topological polar surface area (TPSA) is 65.4 Å². The van der Waals surface area contributed by atoms with Crippen LogP contribution >= 0.6 is 11.6 Å². The van der Waals surface area contributed by atoms with Crippen molar-refractivity contribution in [3.05, 3.63) is 21.6 Å². The van der Waals surface area contributed by atoms with E-state index in [-0.39, 0.29) is 16.8 Å². The average molecular weight is 328 g/mol. The van der Waals surface area contributed by atoms with Gasteiger partial charge in [-0.05, 0) is 38.0 Å². The van der Waals surface area contributed by atoms with Crippen LogP contribution in [0.2, 0.25) is 5.02 Å². The highest BCUT2D eigenvalue weighted by molar-refractivity contribution is 6.32. The van der Waals surface area contributed by atoms with Crippen LogP contribution in [0.5, 0.6) is 0 Å². The molecule has 1 unspecified atom stereocenters. The summed E-state index contributed by atoms with van der Waals surface area (Å²) in [5, 5.41) is 7.63. The predicted octanol–water partition coefficient (Wildman–Crippen LogP) is 2.43. The summed E-state index contributed by atoms with van der Waals surface area (Å²) in [4.78, 5) is 12.4. The molecule has 1 aromatic heterocycles. The van der Waals surface area contributed by atoms with Crippen molar-refractivity contribution in [1.29, 1.82) is 0 Å². The lowest BCUT2D eigenvalue weighted by atomic mass is 10.0. The van der Waals surface area contributed by atoms with Crippen LogP contribution in [0, 0.1) is 5.92 Å². The van der Waals surface area contributed by atoms with E-state index in [1.54, 1.807) is 6.20 Å². The van der Waals surface area contributed by atoms with Crippen LogP contribution < -0.4 is 10.9 Å². The van der Waals surface area contributed by atoms with Gasteiger partial charge in [-0.1, -0.05) is 11.6 Å². The number of halogens is 1. The minimum absolute atomic E-state index is 0.181. The summed E-state index contributed by atoms with van der Waals surface area (Å²) in [6.07, 6.45) is 6.41. The second-order valence-electron chi connectivity index (χ2n) is 5.91. The fourth-order valence-corrected chi connectivity index (χ4v) is 3.11. The fourth-order valence-electron chi connectivity index (χ4n) is 2.91. The van der Waals surface area contributed by atoms with Crippen LogP contribution in [0.25, 0.3) is 0 Å². The maximum atomic E-state index is 12.4. The van der Waals surface area contributed by atoms with E-state index in [1.165, 1.54) is 4.68 Å². The smallest absolute Gasteiger partial charge is 0.290 e. The summed E-state index contributed by atoms with van der Waals surface area (Å²) in [7, 11) is 0. The Kier molecular flexibility index (Phi) is 5.33. The minimum Gasteiger partial charge on any atom is -0.382 e. The van der Waals surface area contributed by atoms with Crippen LogP contribution in [0.3, 0.4) is 0 Å². The summed E-state index contributed by atoms with van der Waals surface area (Å²) in [6, 6.07) is 0. The molecule has 2 aliphatic heterocycles. The number of ether oxygens (including phenoxy) is 2. The van der Waals surface area contributed by atoms with Gasteiger partial charge in [0.2, 0.25) is 0 Å². The van der Waals surface area contributed by atoms with Gasteiger partial charge in [0.15, 0.2) is 6.23 Å². The molecule has 2 atom stereocenters. The van der Waals surface area contributed by atoms with E-state index < -0.39 is 0 Å². The Labute approximate surface area is 134 Å². The van der Waals surface area contributed by atoms with Gasteiger partial charge in [-0.3, -0.25) is 4.79 Å². The van der Waals surface area contributed by atoms with Crippen molar-refractivity contribution >= 4 is 17.3 Å². The molecule has 0 spiro atoms. The van der Waals surface area contributed by atoms with Gasteiger partial charge in [0.1, 0.15) is 5.02 Å². The van der Waals surface area contributed by atoms with E-state index in [0.29, 0.717) is 18.2 Å². The van der Waals surface area contributed by atoms with Crippen molar-refractivity contribution in [3.63, 3.8) is 0 Å². The van der Waals surface area contributed by atoms with Crippen molar-refractivity contribution in [2.45, 2.75) is 38.3 Å². The van der Waals surface area contributed by atoms with Crippen molar-refractivity contribution in [1.82, 2.24) is 9.78 Å². The number of rotatable bonds is 4. The lowest BCUT2D eigenvalue weighted by Gasteiger charge is -2.24. The third-order valence-electron chi connectivity index (χ3n) is 4.21. The molecule has 2 aliphatic rings. The first-order valence-electron chi connectivity index (χ1n) is 7.96. The largest absolute Gasteiger partial charge is 0.382 e. The Balaban J connectivity index is 1.67. The molecule has 2 saturated heterocycles. The van der Waals surface area contributed by atoms with Crippen LogP contribution in [0.15, 0.2) is 11.0 Å². The van der Waals surface area contributed by atoms with Crippen LogP contribution in [-0.2, 0) is 9.47 Å². The van der Waals surface area contributed by atoms with Gasteiger partial charge in [0, 0.05) is 19.8 Å². The molecule has 0 amide bonds. The highest BCUT2D eigenvalue weighted by Gasteiger charge is 2.21. The molecular weight excluding hydrogens is 306 g/mol. The minimum atomic E-state index is -0.293. The molecule has 22 heavy (non-hydrogen) atoms. The number of hydrogen-bond donors (Lipinski definition) is 1. The van der Waals surface area contributed by atoms with Crippen molar-refractivity contribution in [2.24, 2.45) is 5.92 Å². The van der Waals surface area contributed by atoms with Crippen LogP contribution in [0.1, 0.15) is 38.3 Å². The van der Waals surface area contributed by atoms with Gasteiger partial charge in [-0.25, -0.2) is 0 Å². The number of nitrogens with one attached hydrogen (secondary N) is 1. The number of anilines is 1. The summed E-state index contributed by atoms with van der Waals surface area (Å²) in [6.45, 7) is 3.00. The number of hydrogen-bond acceptors (Lipinski definition) is 5. The summed E-state index contributed by atoms with van der Waals surface area (Å²) in [5.41, 5.74) is 0.294. The van der Waals surface area contributed by atoms with E-state index in [0.717, 1.165) is 51.9 Å². The molecule has 0 radical (unpaired) electrons. The van der Waals surface area contributed by atoms with E-state index in [2.05, 4.69) is 10.4 Å². The van der Waals surface area contributed by atoms with Gasteiger partial charge in [-0.15, -0.1) is 0 Å². The Bertz CT molecular complexity index is 551. The first kappa shape index (κ1) is 15.8. The zero-order valence-corrected chi connectivity index (χ0v) is 13.3. The van der Waals surface area contributed by atoms with Crippen LogP contribution in [-0.4, -0.2) is 36.1 Å². The molecule has 0 aliphatic carbocycles. The Hall–Kier alpha value is -1.11. The molecule has 0 aromatic carbocycles. The number of aromatic nitrogens is 2. The quantitative estimate of drug-likeness (QED) is 0.920. The maximum Gasteiger partial charge on any atom is 0.290 e. The summed E-state index contributed by atoms with van der Waals surface area (Å²) < 4.78 is 12.4. The van der Waals surface area contributed by atoms with Gasteiger partial charge >= 0.3 is 0 Å². The highest BCUT2D eigenvalue weighted by Crippen LogP contribution is 2.23. The SMILES string of the molecule is O=c1c(Cl)c(NC[C@@H]2CCCOC2)cnn1C1CCCCO1. The second kappa shape index (κ2) is 7.44. The molecule has 122 valence electrons. The number of nitrogens with zero attached hydrogens (tertiary/aromatic N) is 2. The molecule has 3 rings (SSSR count). The molecular formula is C15H22ClN3O3. The summed E-state index contributed by atoms with van der Waals surface area (Å²) in [5.74, 6) is 0.453. The standard InChI is InChI=1S/C15H22ClN3O3/c16-14-12(17-8-11-4-3-6-21-10-11)9-18-19(15(14)20)13-5-1-2-7-22-13/h9,11,13,17H,1-8,10H2/t11-,13?/m0/s1. The van der Waals surface area contributed by atoms with Crippen molar-refractivity contribution in [3.8, 4) is 0 Å². The third kappa shape index (κ3) is 3.62. The Morgan fingerprint density at radius 2 is 2.23 bits per heavy atom. The lowest BCUT2D eigenvalue weighted by Crippen LogP contribution is -2.32. The normalized spacial score (nSPS) is 25.9. The molecule has 6 nitrogen and oxygen atoms in total. The fraction of sp³-hybridized carbons (Fsp3) is 0.733. The van der Waals surface area contributed by atoms with Gasteiger partial charge in [0.25, 0.3) is 5.56 Å². The molecule has 0 saturated carbocycles. The highest BCUT2D eigenvalue weighted by atomic mass is 35.5. The Morgan fingerprint density at radius 1 is 1.32 bits per heavy atom. The van der Waals surface area contributed by atoms with Gasteiger partial charge in [-0.2, -0.15) is 9.78 Å². The van der Waals surface area contributed by atoms with E-state index >= 15 is 0 Å². The van der Waals surface area contributed by atoms with E-state index in [1.807, 2.05) is 0 Å². The summed E-state index contributed by atoms with van der Waals surface area (Å²) >= 11 is 6.21. The van der Waals surface area contributed by atoms with Crippen molar-refractivity contribution < 1.29 is 9.47 Å². The maximum absolute atomic E-state index is 12.4. The van der Waals surface area contributed by atoms with E-state index in [4.69, 9.17) is 21.1 Å². The second-order valence-corrected chi connectivity index (χ2v) is 6.29. The first-order valence-corrected chi connectivity index (χ1v) is 8.34. The molecule has 3 heterocycles. The van der Waals surface area contributed by atoms with E-state index in [9.17, 15) is 4.79 Å².